The molecule has 0 radical (unpaired) electrons. The zero-order valence-electron chi connectivity index (χ0n) is 13.8. The lowest BCUT2D eigenvalue weighted by molar-refractivity contribution is 0.0950. The first-order valence-electron chi connectivity index (χ1n) is 7.92. The molecule has 2 heterocycles. The van der Waals surface area contributed by atoms with E-state index in [4.69, 9.17) is 0 Å². The topological polar surface area (TPSA) is 103 Å². The highest BCUT2D eigenvalue weighted by Gasteiger charge is 2.12. The fourth-order valence-electron chi connectivity index (χ4n) is 2.39. The van der Waals surface area contributed by atoms with Gasteiger partial charge < -0.3 is 15.7 Å². The maximum atomic E-state index is 12.2. The Labute approximate surface area is 145 Å². The van der Waals surface area contributed by atoms with Gasteiger partial charge >= 0.3 is 0 Å². The van der Waals surface area contributed by atoms with Gasteiger partial charge in [0.05, 0.1) is 5.69 Å². The van der Waals surface area contributed by atoms with Gasteiger partial charge in [-0.25, -0.2) is 4.98 Å². The number of aromatic nitrogens is 3. The fraction of sp³-hybridized carbons (Fsp3) is 0.167. The molecule has 1 aromatic carbocycles. The van der Waals surface area contributed by atoms with Crippen molar-refractivity contribution in [2.45, 2.75) is 6.92 Å². The molecule has 0 aliphatic rings. The Morgan fingerprint density at radius 2 is 2.04 bits per heavy atom. The van der Waals surface area contributed by atoms with Crippen LogP contribution in [0.3, 0.4) is 0 Å². The minimum Gasteiger partial charge on any atom is -0.507 e. The summed E-state index contributed by atoms with van der Waals surface area (Å²) in [5.41, 5.74) is 2.48. The van der Waals surface area contributed by atoms with Crippen molar-refractivity contribution in [3.63, 3.8) is 0 Å². The van der Waals surface area contributed by atoms with Crippen molar-refractivity contribution < 1.29 is 9.90 Å². The standard InChI is InChI=1S/C18H19N5O2/c1-12-5-4-8-19-17(12)20-9-10-21-18(25)15-11-14(22-23-15)13-6-2-3-7-16(13)24/h2-8,11,24H,9-10H2,1H3,(H,19,20)(H,21,25)(H,22,23). The average molecular weight is 337 g/mol. The normalized spacial score (nSPS) is 10.4. The van der Waals surface area contributed by atoms with Gasteiger partial charge in [0.1, 0.15) is 17.3 Å². The van der Waals surface area contributed by atoms with Crippen LogP contribution in [0, 0.1) is 6.92 Å². The van der Waals surface area contributed by atoms with Crippen LogP contribution in [0.4, 0.5) is 5.82 Å². The molecule has 0 bridgehead atoms. The number of H-pyrrole nitrogens is 1. The van der Waals surface area contributed by atoms with E-state index in [9.17, 15) is 9.90 Å². The summed E-state index contributed by atoms with van der Waals surface area (Å²) in [4.78, 5) is 16.4. The lowest BCUT2D eigenvalue weighted by Crippen LogP contribution is -2.29. The van der Waals surface area contributed by atoms with Crippen molar-refractivity contribution in [2.75, 3.05) is 18.4 Å². The second kappa shape index (κ2) is 7.48. The number of hydrogen-bond acceptors (Lipinski definition) is 5. The zero-order chi connectivity index (χ0) is 17.6. The Kier molecular flexibility index (Phi) is 4.94. The summed E-state index contributed by atoms with van der Waals surface area (Å²) in [6, 6.07) is 12.3. The van der Waals surface area contributed by atoms with Crippen molar-refractivity contribution in [1.82, 2.24) is 20.5 Å². The van der Waals surface area contributed by atoms with Crippen LogP contribution in [0.25, 0.3) is 11.3 Å². The van der Waals surface area contributed by atoms with Crippen LogP contribution in [0.2, 0.25) is 0 Å². The van der Waals surface area contributed by atoms with E-state index in [1.807, 2.05) is 19.1 Å². The fourth-order valence-corrected chi connectivity index (χ4v) is 2.39. The van der Waals surface area contributed by atoms with Gasteiger partial charge in [-0.05, 0) is 36.8 Å². The maximum absolute atomic E-state index is 12.2. The number of pyridine rings is 1. The molecule has 7 heteroatoms. The number of phenolic OH excluding ortho intramolecular Hbond substituents is 1. The van der Waals surface area contributed by atoms with E-state index >= 15 is 0 Å². The van der Waals surface area contributed by atoms with Crippen LogP contribution in [0.5, 0.6) is 5.75 Å². The number of aromatic amines is 1. The first kappa shape index (κ1) is 16.5. The Morgan fingerprint density at radius 1 is 1.20 bits per heavy atom. The molecule has 7 nitrogen and oxygen atoms in total. The second-order valence-corrected chi connectivity index (χ2v) is 5.54. The highest BCUT2D eigenvalue weighted by molar-refractivity contribution is 5.93. The van der Waals surface area contributed by atoms with Crippen LogP contribution in [0.15, 0.2) is 48.7 Å². The zero-order valence-corrected chi connectivity index (χ0v) is 13.8. The second-order valence-electron chi connectivity index (χ2n) is 5.54. The van der Waals surface area contributed by atoms with Gasteiger partial charge in [-0.2, -0.15) is 5.10 Å². The van der Waals surface area contributed by atoms with Crippen molar-refractivity contribution in [3.05, 3.63) is 59.9 Å². The van der Waals surface area contributed by atoms with Crippen LogP contribution < -0.4 is 10.6 Å². The van der Waals surface area contributed by atoms with Crippen molar-refractivity contribution in [1.29, 1.82) is 0 Å². The smallest absolute Gasteiger partial charge is 0.269 e. The van der Waals surface area contributed by atoms with E-state index in [0.717, 1.165) is 11.4 Å². The molecule has 25 heavy (non-hydrogen) atoms. The number of carbonyl (C=O) groups is 1. The van der Waals surface area contributed by atoms with Crippen LogP contribution in [-0.2, 0) is 0 Å². The predicted octanol–water partition coefficient (Wildman–Crippen LogP) is 2.33. The quantitative estimate of drug-likeness (QED) is 0.517. The number of benzene rings is 1. The van der Waals surface area contributed by atoms with Crippen molar-refractivity contribution in [2.24, 2.45) is 0 Å². The minimum atomic E-state index is -0.256. The van der Waals surface area contributed by atoms with Crippen LogP contribution in [-0.4, -0.2) is 39.3 Å². The number of nitrogens with zero attached hydrogens (tertiary/aromatic N) is 2. The minimum absolute atomic E-state index is 0.121. The summed E-state index contributed by atoms with van der Waals surface area (Å²) in [5.74, 6) is 0.671. The van der Waals surface area contributed by atoms with E-state index in [0.29, 0.717) is 30.0 Å². The molecule has 0 fully saturated rings. The van der Waals surface area contributed by atoms with Crippen LogP contribution in [0.1, 0.15) is 16.1 Å². The third-order valence-corrected chi connectivity index (χ3v) is 3.71. The number of nitrogens with one attached hydrogen (secondary N) is 3. The SMILES string of the molecule is Cc1cccnc1NCCNC(=O)c1cc(-c2ccccc2O)n[nH]1. The van der Waals surface area contributed by atoms with Gasteiger partial charge in [0, 0.05) is 24.8 Å². The molecule has 0 spiro atoms. The Hall–Kier alpha value is -3.35. The first-order chi connectivity index (χ1) is 12.1. The summed E-state index contributed by atoms with van der Waals surface area (Å²) in [7, 11) is 0. The first-order valence-corrected chi connectivity index (χ1v) is 7.92. The van der Waals surface area contributed by atoms with Gasteiger partial charge in [-0.3, -0.25) is 9.89 Å². The number of phenols is 1. The Bertz CT molecular complexity index is 875. The maximum Gasteiger partial charge on any atom is 0.269 e. The van der Waals surface area contributed by atoms with Gasteiger partial charge in [-0.1, -0.05) is 18.2 Å². The third-order valence-electron chi connectivity index (χ3n) is 3.71. The van der Waals surface area contributed by atoms with E-state index in [1.54, 1.807) is 36.5 Å². The Balaban J connectivity index is 1.54. The van der Waals surface area contributed by atoms with E-state index < -0.39 is 0 Å². The number of para-hydroxylation sites is 1. The third kappa shape index (κ3) is 3.95. The van der Waals surface area contributed by atoms with Gasteiger partial charge in [-0.15, -0.1) is 0 Å². The molecule has 0 aliphatic heterocycles. The highest BCUT2D eigenvalue weighted by Crippen LogP contribution is 2.27. The molecule has 4 N–H and O–H groups in total. The Morgan fingerprint density at radius 3 is 2.84 bits per heavy atom. The summed E-state index contributed by atoms with van der Waals surface area (Å²) in [6.07, 6.45) is 1.72. The molecular formula is C18H19N5O2. The molecule has 0 saturated carbocycles. The molecular weight excluding hydrogens is 318 g/mol. The number of amides is 1. The number of carbonyl (C=O) groups excluding carboxylic acids is 1. The molecule has 3 aromatic rings. The number of hydrogen-bond donors (Lipinski definition) is 4. The van der Waals surface area contributed by atoms with Crippen LogP contribution >= 0.6 is 0 Å². The van der Waals surface area contributed by atoms with E-state index in [2.05, 4.69) is 25.8 Å². The molecule has 0 unspecified atom stereocenters. The number of anilines is 1. The van der Waals surface area contributed by atoms with Gasteiger partial charge in [0.25, 0.3) is 5.91 Å². The van der Waals surface area contributed by atoms with E-state index in [1.165, 1.54) is 0 Å². The molecule has 2 aromatic heterocycles. The van der Waals surface area contributed by atoms with Gasteiger partial charge in [0.15, 0.2) is 0 Å². The monoisotopic (exact) mass is 337 g/mol. The highest BCUT2D eigenvalue weighted by atomic mass is 16.3. The lowest BCUT2D eigenvalue weighted by atomic mass is 10.1. The average Bonchev–Trinajstić information content (AvgIpc) is 3.10. The van der Waals surface area contributed by atoms with Crippen molar-refractivity contribution >= 4 is 11.7 Å². The molecule has 1 amide bonds. The number of aromatic hydroxyl groups is 1. The molecule has 3 rings (SSSR count). The summed E-state index contributed by atoms with van der Waals surface area (Å²) in [5, 5.41) is 22.6. The largest absolute Gasteiger partial charge is 0.507 e. The summed E-state index contributed by atoms with van der Waals surface area (Å²) >= 11 is 0. The van der Waals surface area contributed by atoms with Crippen molar-refractivity contribution in [3.8, 4) is 17.0 Å². The molecule has 0 aliphatic carbocycles. The summed E-state index contributed by atoms with van der Waals surface area (Å²) < 4.78 is 0. The number of rotatable bonds is 6. The lowest BCUT2D eigenvalue weighted by Gasteiger charge is -2.08. The predicted molar refractivity (Wildman–Crippen MR) is 95.5 cm³/mol. The van der Waals surface area contributed by atoms with Gasteiger partial charge in [0.2, 0.25) is 0 Å². The van der Waals surface area contributed by atoms with E-state index in [-0.39, 0.29) is 11.7 Å². The molecule has 0 atom stereocenters. The summed E-state index contributed by atoms with van der Waals surface area (Å²) in [6.45, 7) is 2.98. The molecule has 128 valence electrons. The number of aryl methyl sites for hydroxylation is 1. The molecule has 0 saturated heterocycles.